The summed E-state index contributed by atoms with van der Waals surface area (Å²) in [4.78, 5) is 4.02. The number of nitrogens with one attached hydrogen (secondary N) is 2. The Balaban J connectivity index is 1.85. The van der Waals surface area contributed by atoms with Gasteiger partial charge >= 0.3 is 0 Å². The van der Waals surface area contributed by atoms with Gasteiger partial charge in [0.25, 0.3) is 0 Å². The summed E-state index contributed by atoms with van der Waals surface area (Å²) in [7, 11) is 0. The molecule has 0 atom stereocenters. The van der Waals surface area contributed by atoms with Crippen molar-refractivity contribution in [1.29, 1.82) is 0 Å². The molecule has 0 radical (unpaired) electrons. The predicted octanol–water partition coefficient (Wildman–Crippen LogP) is 3.15. The van der Waals surface area contributed by atoms with Crippen LogP contribution in [0.2, 0.25) is 0 Å². The smallest absolute Gasteiger partial charge is 0.214 e. The lowest BCUT2D eigenvalue weighted by molar-refractivity contribution is 0.336. The number of aromatic amines is 1. The van der Waals surface area contributed by atoms with Gasteiger partial charge in [-0.25, -0.2) is 9.77 Å². The number of pyridine rings is 1. The number of hydrogen-bond acceptors (Lipinski definition) is 5. The van der Waals surface area contributed by atoms with Gasteiger partial charge < -0.3 is 10.2 Å². The molecule has 2 N–H and O–H groups in total. The van der Waals surface area contributed by atoms with Crippen LogP contribution in [0.15, 0.2) is 48.8 Å². The van der Waals surface area contributed by atoms with Gasteiger partial charge in [-0.2, -0.15) is 5.10 Å². The molecule has 0 bridgehead atoms. The Hall–Kier alpha value is -2.67. The van der Waals surface area contributed by atoms with Crippen molar-refractivity contribution in [3.05, 3.63) is 59.1 Å². The maximum absolute atomic E-state index is 5.65. The van der Waals surface area contributed by atoms with Gasteiger partial charge in [0.2, 0.25) is 4.77 Å². The molecule has 3 aromatic rings. The number of para-hydroxylation sites is 1. The zero-order valence-corrected chi connectivity index (χ0v) is 13.5. The molecule has 23 heavy (non-hydrogen) atoms. The van der Waals surface area contributed by atoms with E-state index >= 15 is 0 Å². The molecule has 118 valence electrons. The van der Waals surface area contributed by atoms with Gasteiger partial charge in [-0.3, -0.25) is 4.98 Å². The second kappa shape index (κ2) is 7.06. The van der Waals surface area contributed by atoms with Crippen molar-refractivity contribution in [3.63, 3.8) is 0 Å². The zero-order chi connectivity index (χ0) is 16.1. The lowest BCUT2D eigenvalue weighted by atomic mass is 10.2. The minimum absolute atomic E-state index is 0.505. The molecule has 0 aliphatic rings. The fourth-order valence-electron chi connectivity index (χ4n) is 2.25. The molecule has 3 rings (SSSR count). The molecule has 1 aromatic carbocycles. The summed E-state index contributed by atoms with van der Waals surface area (Å²) >= 11 is 5.31. The molecule has 7 heteroatoms. The van der Waals surface area contributed by atoms with Crippen molar-refractivity contribution in [2.75, 3.05) is 12.0 Å². The van der Waals surface area contributed by atoms with Gasteiger partial charge in [-0.1, -0.05) is 18.2 Å². The van der Waals surface area contributed by atoms with E-state index in [0.717, 1.165) is 16.9 Å². The zero-order valence-electron chi connectivity index (χ0n) is 12.7. The fourth-order valence-corrected chi connectivity index (χ4v) is 2.45. The molecule has 0 saturated carbocycles. The van der Waals surface area contributed by atoms with E-state index in [1.165, 1.54) is 0 Å². The number of rotatable bonds is 6. The van der Waals surface area contributed by atoms with Gasteiger partial charge in [0.15, 0.2) is 5.82 Å². The summed E-state index contributed by atoms with van der Waals surface area (Å²) in [6.07, 6.45) is 3.45. The SMILES string of the molecule is CCOc1ccccc1CNn1c(-c2ccncc2)n[nH]c1=S. The second-order valence-corrected chi connectivity index (χ2v) is 5.19. The maximum atomic E-state index is 5.65. The Labute approximate surface area is 139 Å². The number of nitrogens with zero attached hydrogens (tertiary/aromatic N) is 3. The summed E-state index contributed by atoms with van der Waals surface area (Å²) < 4.78 is 7.91. The molecule has 0 aliphatic carbocycles. The number of hydrogen-bond donors (Lipinski definition) is 2. The molecule has 0 saturated heterocycles. The van der Waals surface area contributed by atoms with Gasteiger partial charge in [-0.05, 0) is 37.3 Å². The van der Waals surface area contributed by atoms with E-state index in [1.54, 1.807) is 17.1 Å². The average molecular weight is 327 g/mol. The van der Waals surface area contributed by atoms with Crippen molar-refractivity contribution >= 4 is 12.2 Å². The van der Waals surface area contributed by atoms with Crippen LogP contribution in [0.25, 0.3) is 11.4 Å². The fraction of sp³-hybridized carbons (Fsp3) is 0.188. The van der Waals surface area contributed by atoms with E-state index < -0.39 is 0 Å². The van der Waals surface area contributed by atoms with Crippen molar-refractivity contribution in [1.82, 2.24) is 19.9 Å². The van der Waals surface area contributed by atoms with Crippen LogP contribution in [-0.2, 0) is 6.54 Å². The first-order chi connectivity index (χ1) is 11.3. The van der Waals surface area contributed by atoms with Crippen LogP contribution in [0.5, 0.6) is 5.75 Å². The standard InChI is InChI=1S/C16H17N5OS/c1-2-22-14-6-4-3-5-13(14)11-18-21-15(19-20-16(21)23)12-7-9-17-10-8-12/h3-10,18H,2,11H2,1H3,(H,20,23). The van der Waals surface area contributed by atoms with Crippen molar-refractivity contribution in [2.45, 2.75) is 13.5 Å². The molecule has 6 nitrogen and oxygen atoms in total. The van der Waals surface area contributed by atoms with Crippen molar-refractivity contribution < 1.29 is 4.74 Å². The summed E-state index contributed by atoms with van der Waals surface area (Å²) in [5.74, 6) is 1.58. The monoisotopic (exact) mass is 327 g/mol. The Morgan fingerprint density at radius 1 is 1.22 bits per heavy atom. The van der Waals surface area contributed by atoms with Gasteiger partial charge in [0.1, 0.15) is 5.75 Å². The molecular formula is C16H17N5OS. The molecule has 0 aliphatic heterocycles. The van der Waals surface area contributed by atoms with Crippen LogP contribution in [0.4, 0.5) is 0 Å². The maximum Gasteiger partial charge on any atom is 0.214 e. The lowest BCUT2D eigenvalue weighted by Gasteiger charge is -2.13. The van der Waals surface area contributed by atoms with E-state index in [9.17, 15) is 0 Å². The highest BCUT2D eigenvalue weighted by molar-refractivity contribution is 7.71. The predicted molar refractivity (Wildman–Crippen MR) is 91.3 cm³/mol. The Morgan fingerprint density at radius 2 is 2.00 bits per heavy atom. The van der Waals surface area contributed by atoms with Crippen LogP contribution < -0.4 is 10.2 Å². The number of aromatic nitrogens is 4. The first-order valence-electron chi connectivity index (χ1n) is 7.32. The van der Waals surface area contributed by atoms with Crippen LogP contribution in [-0.4, -0.2) is 26.5 Å². The molecule has 0 amide bonds. The van der Waals surface area contributed by atoms with Gasteiger partial charge in [0, 0.05) is 23.5 Å². The van der Waals surface area contributed by atoms with E-state index in [2.05, 4.69) is 20.6 Å². The van der Waals surface area contributed by atoms with Crippen LogP contribution in [0.1, 0.15) is 12.5 Å². The quantitative estimate of drug-likeness (QED) is 0.681. The molecule has 0 unspecified atom stereocenters. The summed E-state index contributed by atoms with van der Waals surface area (Å²) in [6.45, 7) is 3.17. The first-order valence-corrected chi connectivity index (χ1v) is 7.73. The lowest BCUT2D eigenvalue weighted by Crippen LogP contribution is -2.16. The minimum Gasteiger partial charge on any atom is -0.494 e. The third kappa shape index (κ3) is 3.40. The van der Waals surface area contributed by atoms with E-state index in [-0.39, 0.29) is 0 Å². The number of ether oxygens (including phenoxy) is 1. The highest BCUT2D eigenvalue weighted by Gasteiger charge is 2.09. The first kappa shape index (κ1) is 15.2. The number of H-pyrrole nitrogens is 1. The average Bonchev–Trinajstić information content (AvgIpc) is 2.96. The molecular weight excluding hydrogens is 310 g/mol. The normalized spacial score (nSPS) is 10.5. The van der Waals surface area contributed by atoms with E-state index in [0.29, 0.717) is 23.7 Å². The third-order valence-corrected chi connectivity index (χ3v) is 3.58. The number of benzene rings is 1. The summed E-state index contributed by atoms with van der Waals surface area (Å²) in [5, 5.41) is 7.09. The molecule has 2 heterocycles. The van der Waals surface area contributed by atoms with E-state index in [1.807, 2.05) is 43.3 Å². The van der Waals surface area contributed by atoms with Gasteiger partial charge in [0.05, 0.1) is 13.2 Å². The summed E-state index contributed by atoms with van der Waals surface area (Å²) in [5.41, 5.74) is 5.28. The Bertz CT molecular complexity index is 828. The Morgan fingerprint density at radius 3 is 2.78 bits per heavy atom. The third-order valence-electron chi connectivity index (χ3n) is 3.31. The minimum atomic E-state index is 0.505. The molecule has 0 spiro atoms. The summed E-state index contributed by atoms with van der Waals surface area (Å²) in [6, 6.07) is 11.7. The highest BCUT2D eigenvalue weighted by atomic mass is 32.1. The Kier molecular flexibility index (Phi) is 4.68. The van der Waals surface area contributed by atoms with Crippen LogP contribution in [0, 0.1) is 4.77 Å². The van der Waals surface area contributed by atoms with Crippen LogP contribution >= 0.6 is 12.2 Å². The topological polar surface area (TPSA) is 67.8 Å². The van der Waals surface area contributed by atoms with Crippen molar-refractivity contribution in [2.24, 2.45) is 0 Å². The highest BCUT2D eigenvalue weighted by Crippen LogP contribution is 2.19. The molecule has 0 fully saturated rings. The van der Waals surface area contributed by atoms with Gasteiger partial charge in [-0.15, -0.1) is 0 Å². The second-order valence-electron chi connectivity index (χ2n) is 4.80. The van der Waals surface area contributed by atoms with E-state index in [4.69, 9.17) is 17.0 Å². The van der Waals surface area contributed by atoms with Crippen molar-refractivity contribution in [3.8, 4) is 17.1 Å². The molecule has 2 aromatic heterocycles. The van der Waals surface area contributed by atoms with Crippen LogP contribution in [0.3, 0.4) is 0 Å². The largest absolute Gasteiger partial charge is 0.494 e.